The summed E-state index contributed by atoms with van der Waals surface area (Å²) >= 11 is 0. The maximum Gasteiger partial charge on any atom is 0.126 e. The van der Waals surface area contributed by atoms with E-state index in [9.17, 15) is 4.39 Å². The first-order valence-electron chi connectivity index (χ1n) is 6.22. The van der Waals surface area contributed by atoms with Crippen LogP contribution in [0.5, 0.6) is 0 Å². The first-order chi connectivity index (χ1) is 8.15. The van der Waals surface area contributed by atoms with Gasteiger partial charge in [-0.25, -0.2) is 4.39 Å². The minimum Gasteiger partial charge on any atom is -0.382 e. The van der Waals surface area contributed by atoms with Crippen molar-refractivity contribution in [1.82, 2.24) is 5.32 Å². The molecule has 0 heterocycles. The molecule has 2 nitrogen and oxygen atoms in total. The van der Waals surface area contributed by atoms with E-state index in [1.54, 1.807) is 13.0 Å². The molecule has 1 aromatic rings. The summed E-state index contributed by atoms with van der Waals surface area (Å²) in [4.78, 5) is 0. The number of ether oxygens (including phenoxy) is 1. The van der Waals surface area contributed by atoms with E-state index in [0.29, 0.717) is 5.56 Å². The van der Waals surface area contributed by atoms with Crippen molar-refractivity contribution in [3.05, 3.63) is 35.1 Å². The summed E-state index contributed by atoms with van der Waals surface area (Å²) < 4.78 is 18.6. The number of hydrogen-bond donors (Lipinski definition) is 1. The second-order valence-electron chi connectivity index (χ2n) is 4.23. The summed E-state index contributed by atoms with van der Waals surface area (Å²) in [6.07, 6.45) is 0.979. The molecule has 0 aliphatic rings. The Balaban J connectivity index is 2.36. The summed E-state index contributed by atoms with van der Waals surface area (Å²) in [7, 11) is 0. The summed E-state index contributed by atoms with van der Waals surface area (Å²) in [5.74, 6) is -0.134. The third-order valence-electron chi connectivity index (χ3n) is 2.82. The van der Waals surface area contributed by atoms with Crippen LogP contribution in [0.2, 0.25) is 0 Å². The van der Waals surface area contributed by atoms with Crippen LogP contribution in [0.4, 0.5) is 4.39 Å². The molecule has 3 heteroatoms. The zero-order valence-corrected chi connectivity index (χ0v) is 10.9. The number of rotatable bonds is 7. The Morgan fingerprint density at radius 2 is 2.18 bits per heavy atom. The smallest absolute Gasteiger partial charge is 0.126 e. The van der Waals surface area contributed by atoms with Crippen LogP contribution in [-0.2, 0) is 4.74 Å². The van der Waals surface area contributed by atoms with Crippen LogP contribution < -0.4 is 5.32 Å². The van der Waals surface area contributed by atoms with Crippen molar-refractivity contribution in [2.24, 2.45) is 0 Å². The number of hydrogen-bond acceptors (Lipinski definition) is 2. The normalized spacial score (nSPS) is 12.7. The van der Waals surface area contributed by atoms with Crippen LogP contribution in [0.1, 0.15) is 37.4 Å². The highest BCUT2D eigenvalue weighted by atomic mass is 19.1. The third kappa shape index (κ3) is 4.84. The molecule has 0 saturated heterocycles. The van der Waals surface area contributed by atoms with Crippen molar-refractivity contribution < 1.29 is 9.13 Å². The van der Waals surface area contributed by atoms with Crippen LogP contribution >= 0.6 is 0 Å². The van der Waals surface area contributed by atoms with Crippen LogP contribution in [0, 0.1) is 12.7 Å². The molecule has 1 atom stereocenters. The zero-order valence-electron chi connectivity index (χ0n) is 10.9. The van der Waals surface area contributed by atoms with Crippen molar-refractivity contribution in [1.29, 1.82) is 0 Å². The van der Waals surface area contributed by atoms with E-state index in [4.69, 9.17) is 4.74 Å². The van der Waals surface area contributed by atoms with E-state index in [-0.39, 0.29) is 11.9 Å². The highest BCUT2D eigenvalue weighted by Crippen LogP contribution is 2.16. The van der Waals surface area contributed by atoms with E-state index < -0.39 is 0 Å². The van der Waals surface area contributed by atoms with Gasteiger partial charge in [-0.05, 0) is 50.9 Å². The molecule has 0 aromatic heterocycles. The second kappa shape index (κ2) is 7.41. The van der Waals surface area contributed by atoms with Gasteiger partial charge in [0.25, 0.3) is 0 Å². The van der Waals surface area contributed by atoms with Crippen molar-refractivity contribution >= 4 is 0 Å². The van der Waals surface area contributed by atoms with Gasteiger partial charge in [0.05, 0.1) is 0 Å². The van der Waals surface area contributed by atoms with Crippen molar-refractivity contribution in [3.63, 3.8) is 0 Å². The highest BCUT2D eigenvalue weighted by Gasteiger charge is 2.06. The van der Waals surface area contributed by atoms with E-state index in [1.807, 2.05) is 26.0 Å². The first kappa shape index (κ1) is 14.1. The standard InChI is InChI=1S/C14H22FNO/c1-4-17-9-5-8-16-12(3)13-7-6-11(2)14(15)10-13/h6-7,10,12,16H,4-5,8-9H2,1-3H3. The molecule has 1 rings (SSSR count). The van der Waals surface area contributed by atoms with Gasteiger partial charge < -0.3 is 10.1 Å². The Labute approximate surface area is 103 Å². The van der Waals surface area contributed by atoms with Crippen molar-refractivity contribution in [2.75, 3.05) is 19.8 Å². The van der Waals surface area contributed by atoms with Gasteiger partial charge in [0.2, 0.25) is 0 Å². The lowest BCUT2D eigenvalue weighted by molar-refractivity contribution is 0.144. The lowest BCUT2D eigenvalue weighted by Crippen LogP contribution is -2.21. The van der Waals surface area contributed by atoms with Gasteiger partial charge >= 0.3 is 0 Å². The van der Waals surface area contributed by atoms with Gasteiger partial charge in [0.1, 0.15) is 5.82 Å². The molecular weight excluding hydrogens is 217 g/mol. The SMILES string of the molecule is CCOCCCNC(C)c1ccc(C)c(F)c1. The average Bonchev–Trinajstić information content (AvgIpc) is 2.32. The zero-order chi connectivity index (χ0) is 12.7. The number of benzene rings is 1. The monoisotopic (exact) mass is 239 g/mol. The number of nitrogens with one attached hydrogen (secondary N) is 1. The molecule has 1 N–H and O–H groups in total. The minimum atomic E-state index is -0.134. The molecule has 0 saturated carbocycles. The fraction of sp³-hybridized carbons (Fsp3) is 0.571. The quantitative estimate of drug-likeness (QED) is 0.738. The van der Waals surface area contributed by atoms with E-state index in [0.717, 1.165) is 31.7 Å². The lowest BCUT2D eigenvalue weighted by Gasteiger charge is -2.14. The Morgan fingerprint density at radius 1 is 1.41 bits per heavy atom. The van der Waals surface area contributed by atoms with Gasteiger partial charge in [-0.1, -0.05) is 12.1 Å². The maximum atomic E-state index is 13.4. The van der Waals surface area contributed by atoms with Gasteiger partial charge in [-0.2, -0.15) is 0 Å². The average molecular weight is 239 g/mol. The molecule has 0 radical (unpaired) electrons. The second-order valence-corrected chi connectivity index (χ2v) is 4.23. The Bertz CT molecular complexity index is 341. The summed E-state index contributed by atoms with van der Waals surface area (Å²) in [5, 5.41) is 3.36. The molecule has 1 aromatic carbocycles. The largest absolute Gasteiger partial charge is 0.382 e. The molecule has 96 valence electrons. The topological polar surface area (TPSA) is 21.3 Å². The molecule has 1 unspecified atom stereocenters. The van der Waals surface area contributed by atoms with E-state index in [1.165, 1.54) is 0 Å². The molecule has 0 amide bonds. The van der Waals surface area contributed by atoms with Gasteiger partial charge in [0.15, 0.2) is 0 Å². The van der Waals surface area contributed by atoms with Crippen LogP contribution in [0.15, 0.2) is 18.2 Å². The fourth-order valence-corrected chi connectivity index (χ4v) is 1.63. The first-order valence-corrected chi connectivity index (χ1v) is 6.22. The minimum absolute atomic E-state index is 0.134. The summed E-state index contributed by atoms with van der Waals surface area (Å²) in [6.45, 7) is 8.24. The molecule has 0 bridgehead atoms. The third-order valence-corrected chi connectivity index (χ3v) is 2.82. The molecule has 0 aliphatic carbocycles. The number of aryl methyl sites for hydroxylation is 1. The van der Waals surface area contributed by atoms with Crippen molar-refractivity contribution in [3.8, 4) is 0 Å². The number of halogens is 1. The Hall–Kier alpha value is -0.930. The van der Waals surface area contributed by atoms with Gasteiger partial charge in [0, 0.05) is 19.3 Å². The predicted molar refractivity (Wildman–Crippen MR) is 68.7 cm³/mol. The van der Waals surface area contributed by atoms with Crippen LogP contribution in [0.25, 0.3) is 0 Å². The Morgan fingerprint density at radius 3 is 2.82 bits per heavy atom. The maximum absolute atomic E-state index is 13.4. The molecule has 0 fully saturated rings. The Kier molecular flexibility index (Phi) is 6.16. The van der Waals surface area contributed by atoms with Crippen LogP contribution in [-0.4, -0.2) is 19.8 Å². The molecule has 0 aliphatic heterocycles. The molecule has 17 heavy (non-hydrogen) atoms. The summed E-state index contributed by atoms with van der Waals surface area (Å²) in [6, 6.07) is 5.57. The highest BCUT2D eigenvalue weighted by molar-refractivity contribution is 5.25. The van der Waals surface area contributed by atoms with Crippen LogP contribution in [0.3, 0.4) is 0 Å². The summed E-state index contributed by atoms with van der Waals surface area (Å²) in [5.41, 5.74) is 1.68. The molecule has 0 spiro atoms. The van der Waals surface area contributed by atoms with Gasteiger partial charge in [-0.3, -0.25) is 0 Å². The predicted octanol–water partition coefficient (Wildman–Crippen LogP) is 3.21. The lowest BCUT2D eigenvalue weighted by atomic mass is 10.1. The van der Waals surface area contributed by atoms with E-state index >= 15 is 0 Å². The van der Waals surface area contributed by atoms with Crippen molar-refractivity contribution in [2.45, 2.75) is 33.2 Å². The fourth-order valence-electron chi connectivity index (χ4n) is 1.63. The van der Waals surface area contributed by atoms with Gasteiger partial charge in [-0.15, -0.1) is 0 Å². The van der Waals surface area contributed by atoms with E-state index in [2.05, 4.69) is 5.32 Å². The molecular formula is C14H22FNO.